The molecule has 4 rings (SSSR count). The molecule has 8 nitrogen and oxygen atoms in total. The van der Waals surface area contributed by atoms with E-state index in [4.69, 9.17) is 16.3 Å². The number of hydrogen-bond donors (Lipinski definition) is 0. The molecular weight excluding hydrogens is 404 g/mol. The first kappa shape index (κ1) is 19.9. The number of aryl methyl sites for hydroxylation is 3. The first-order chi connectivity index (χ1) is 14.5. The van der Waals surface area contributed by atoms with Crippen LogP contribution >= 0.6 is 11.6 Å². The second-order valence-corrected chi connectivity index (χ2v) is 7.29. The first-order valence-corrected chi connectivity index (χ1v) is 9.90. The molecule has 0 N–H and O–H groups in total. The predicted molar refractivity (Wildman–Crippen MR) is 114 cm³/mol. The minimum absolute atomic E-state index is 0.256. The lowest BCUT2D eigenvalue weighted by Crippen LogP contribution is -2.23. The SMILES string of the molecule is CCn1nc(-c2cccc(Cl)c2)cc1OCc1c(C)cccc1-n1nnn(C)c1=O. The van der Waals surface area contributed by atoms with Gasteiger partial charge in [0.05, 0.1) is 11.4 Å². The summed E-state index contributed by atoms with van der Waals surface area (Å²) in [6.07, 6.45) is 0. The highest BCUT2D eigenvalue weighted by Crippen LogP contribution is 2.27. The summed E-state index contributed by atoms with van der Waals surface area (Å²) in [5.74, 6) is 0.633. The Balaban J connectivity index is 1.66. The summed E-state index contributed by atoms with van der Waals surface area (Å²) in [7, 11) is 1.56. The van der Waals surface area contributed by atoms with Crippen LogP contribution in [0.3, 0.4) is 0 Å². The summed E-state index contributed by atoms with van der Waals surface area (Å²) in [6, 6.07) is 15.1. The number of benzene rings is 2. The number of ether oxygens (including phenoxy) is 1. The van der Waals surface area contributed by atoms with Gasteiger partial charge in [-0.3, -0.25) is 0 Å². The smallest absolute Gasteiger partial charge is 0.368 e. The van der Waals surface area contributed by atoms with E-state index in [1.807, 2.05) is 62.4 Å². The largest absolute Gasteiger partial charge is 0.473 e. The summed E-state index contributed by atoms with van der Waals surface area (Å²) in [5.41, 5.74) is 3.87. The van der Waals surface area contributed by atoms with Crippen molar-refractivity contribution in [2.45, 2.75) is 27.0 Å². The molecule has 30 heavy (non-hydrogen) atoms. The van der Waals surface area contributed by atoms with Crippen LogP contribution in [-0.2, 0) is 20.2 Å². The minimum atomic E-state index is -0.316. The average Bonchev–Trinajstić information content (AvgIpc) is 3.30. The average molecular weight is 425 g/mol. The molecule has 2 heterocycles. The third-order valence-electron chi connectivity index (χ3n) is 4.86. The van der Waals surface area contributed by atoms with Crippen LogP contribution in [0.2, 0.25) is 5.02 Å². The van der Waals surface area contributed by atoms with E-state index in [1.165, 1.54) is 9.36 Å². The van der Waals surface area contributed by atoms with E-state index >= 15 is 0 Å². The van der Waals surface area contributed by atoms with E-state index in [2.05, 4.69) is 15.5 Å². The maximum absolute atomic E-state index is 12.3. The number of tetrazole rings is 1. The van der Waals surface area contributed by atoms with Crippen molar-refractivity contribution in [2.24, 2.45) is 7.05 Å². The Kier molecular flexibility index (Phi) is 5.41. The molecular formula is C21H21ClN6O2. The fourth-order valence-electron chi connectivity index (χ4n) is 3.22. The topological polar surface area (TPSA) is 79.8 Å². The molecule has 154 valence electrons. The Bertz CT molecular complexity index is 1260. The molecule has 0 radical (unpaired) electrons. The molecule has 0 atom stereocenters. The highest BCUT2D eigenvalue weighted by Gasteiger charge is 2.16. The maximum Gasteiger partial charge on any atom is 0.368 e. The Morgan fingerprint density at radius 1 is 1.10 bits per heavy atom. The molecule has 4 aromatic rings. The summed E-state index contributed by atoms with van der Waals surface area (Å²) in [5, 5.41) is 13.0. The van der Waals surface area contributed by atoms with Gasteiger partial charge < -0.3 is 4.74 Å². The van der Waals surface area contributed by atoms with Crippen molar-refractivity contribution in [1.82, 2.24) is 29.6 Å². The van der Waals surface area contributed by atoms with Gasteiger partial charge in [-0.2, -0.15) is 14.5 Å². The van der Waals surface area contributed by atoms with E-state index in [0.29, 0.717) is 23.1 Å². The highest BCUT2D eigenvalue weighted by molar-refractivity contribution is 6.30. The Morgan fingerprint density at radius 3 is 2.60 bits per heavy atom. The van der Waals surface area contributed by atoms with Crippen LogP contribution in [0.5, 0.6) is 5.88 Å². The van der Waals surface area contributed by atoms with Crippen LogP contribution in [0.15, 0.2) is 53.3 Å². The van der Waals surface area contributed by atoms with Crippen LogP contribution in [-0.4, -0.2) is 29.6 Å². The number of rotatable bonds is 6. The van der Waals surface area contributed by atoms with Gasteiger partial charge in [0.25, 0.3) is 0 Å². The quantitative estimate of drug-likeness (QED) is 0.474. The van der Waals surface area contributed by atoms with Crippen molar-refractivity contribution < 1.29 is 4.74 Å². The predicted octanol–water partition coefficient (Wildman–Crippen LogP) is 3.39. The number of nitrogens with zero attached hydrogens (tertiary/aromatic N) is 6. The fraction of sp³-hybridized carbons (Fsp3) is 0.238. The van der Waals surface area contributed by atoms with Gasteiger partial charge in [-0.1, -0.05) is 35.9 Å². The normalized spacial score (nSPS) is 11.1. The molecule has 0 aliphatic rings. The van der Waals surface area contributed by atoms with Crippen LogP contribution in [0.25, 0.3) is 16.9 Å². The Labute approximate surface area is 178 Å². The van der Waals surface area contributed by atoms with Crippen LogP contribution in [0.1, 0.15) is 18.1 Å². The van der Waals surface area contributed by atoms with Crippen molar-refractivity contribution in [3.63, 3.8) is 0 Å². The van der Waals surface area contributed by atoms with Gasteiger partial charge in [0.2, 0.25) is 5.88 Å². The molecule has 0 spiro atoms. The minimum Gasteiger partial charge on any atom is -0.473 e. The highest BCUT2D eigenvalue weighted by atomic mass is 35.5. The Morgan fingerprint density at radius 2 is 1.90 bits per heavy atom. The maximum atomic E-state index is 12.3. The summed E-state index contributed by atoms with van der Waals surface area (Å²) >= 11 is 6.12. The molecule has 0 saturated heterocycles. The summed E-state index contributed by atoms with van der Waals surface area (Å²) in [6.45, 7) is 4.88. The number of hydrogen-bond acceptors (Lipinski definition) is 5. The number of aromatic nitrogens is 6. The van der Waals surface area contributed by atoms with Crippen molar-refractivity contribution in [3.05, 3.63) is 75.2 Å². The third-order valence-corrected chi connectivity index (χ3v) is 5.10. The van der Waals surface area contributed by atoms with Gasteiger partial charge in [-0.15, -0.1) is 0 Å². The van der Waals surface area contributed by atoms with Gasteiger partial charge in [0.15, 0.2) is 0 Å². The first-order valence-electron chi connectivity index (χ1n) is 9.52. The standard InChI is InChI=1S/C21H21ClN6O2/c1-4-27-20(12-18(23-27)15-8-6-9-16(22)11-15)30-13-17-14(2)7-5-10-19(17)28-21(29)26(3)24-25-28/h5-12H,4,13H2,1-3H3. The van der Waals surface area contributed by atoms with Gasteiger partial charge in [-0.25, -0.2) is 9.48 Å². The van der Waals surface area contributed by atoms with Gasteiger partial charge in [-0.05, 0) is 48.0 Å². The van der Waals surface area contributed by atoms with E-state index in [1.54, 1.807) is 11.7 Å². The van der Waals surface area contributed by atoms with Crippen molar-refractivity contribution in [2.75, 3.05) is 0 Å². The molecule has 9 heteroatoms. The third kappa shape index (κ3) is 3.73. The Hall–Kier alpha value is -3.39. The van der Waals surface area contributed by atoms with Crippen LogP contribution in [0.4, 0.5) is 0 Å². The van der Waals surface area contributed by atoms with Gasteiger partial charge in [0.1, 0.15) is 6.61 Å². The second-order valence-electron chi connectivity index (χ2n) is 6.85. The molecule has 0 aliphatic carbocycles. The zero-order valence-corrected chi connectivity index (χ0v) is 17.7. The van der Waals surface area contributed by atoms with E-state index < -0.39 is 0 Å². The molecule has 0 bridgehead atoms. The van der Waals surface area contributed by atoms with Gasteiger partial charge >= 0.3 is 5.69 Å². The van der Waals surface area contributed by atoms with Crippen molar-refractivity contribution in [1.29, 1.82) is 0 Å². The van der Waals surface area contributed by atoms with E-state index in [9.17, 15) is 4.79 Å². The number of halogens is 1. The molecule has 0 fully saturated rings. The van der Waals surface area contributed by atoms with Crippen LogP contribution < -0.4 is 10.4 Å². The van der Waals surface area contributed by atoms with E-state index in [-0.39, 0.29) is 12.3 Å². The summed E-state index contributed by atoms with van der Waals surface area (Å²) < 4.78 is 10.4. The fourth-order valence-corrected chi connectivity index (χ4v) is 3.41. The monoisotopic (exact) mass is 424 g/mol. The van der Waals surface area contributed by atoms with Crippen molar-refractivity contribution >= 4 is 11.6 Å². The zero-order valence-electron chi connectivity index (χ0n) is 16.9. The second kappa shape index (κ2) is 8.16. The molecule has 2 aromatic carbocycles. The molecule has 0 saturated carbocycles. The van der Waals surface area contributed by atoms with Gasteiger partial charge in [0, 0.05) is 35.8 Å². The van der Waals surface area contributed by atoms with E-state index in [0.717, 1.165) is 22.4 Å². The lowest BCUT2D eigenvalue weighted by molar-refractivity contribution is 0.272. The molecule has 2 aromatic heterocycles. The summed E-state index contributed by atoms with van der Waals surface area (Å²) in [4.78, 5) is 12.3. The lowest BCUT2D eigenvalue weighted by Gasteiger charge is -2.13. The molecule has 0 amide bonds. The molecule has 0 unspecified atom stereocenters. The zero-order chi connectivity index (χ0) is 21.3. The van der Waals surface area contributed by atoms with Crippen LogP contribution in [0, 0.1) is 6.92 Å². The molecule has 0 aliphatic heterocycles. The van der Waals surface area contributed by atoms with Crippen molar-refractivity contribution in [3.8, 4) is 22.8 Å². The lowest BCUT2D eigenvalue weighted by atomic mass is 10.1.